The molecule has 1 N–H and O–H groups in total. The van der Waals surface area contributed by atoms with Crippen LogP contribution in [0.2, 0.25) is 0 Å². The number of hydrogen-bond acceptors (Lipinski definition) is 1. The first-order chi connectivity index (χ1) is 1.73. The van der Waals surface area contributed by atoms with Crippen molar-refractivity contribution in [2.75, 3.05) is 0 Å². The van der Waals surface area contributed by atoms with E-state index in [4.69, 9.17) is 9.90 Å². The maximum absolute atomic E-state index is 9.04. The molecule has 2 nitrogen and oxygen atoms in total. The number of rotatable bonds is 0. The van der Waals surface area contributed by atoms with E-state index >= 15 is 0 Å². The number of carbonyl (C=O) groups is 1. The zero-order chi connectivity index (χ0) is 3.58. The zero-order valence-corrected chi connectivity index (χ0v) is 4.31. The SMILES string of the molecule is O=[C](O)[Zr].[KH]. The van der Waals surface area contributed by atoms with Crippen LogP contribution >= 0.6 is 0 Å². The van der Waals surface area contributed by atoms with E-state index in [1.54, 1.807) is 0 Å². The summed E-state index contributed by atoms with van der Waals surface area (Å²) in [6, 6.07) is 0. The van der Waals surface area contributed by atoms with Crippen molar-refractivity contribution >= 4 is 55.1 Å². The second kappa shape index (κ2) is 5.99. The van der Waals surface area contributed by atoms with E-state index in [1.807, 2.05) is 0 Å². The van der Waals surface area contributed by atoms with E-state index < -0.39 is 3.68 Å². The van der Waals surface area contributed by atoms with Crippen LogP contribution in [0.5, 0.6) is 0 Å². The van der Waals surface area contributed by atoms with Gasteiger partial charge in [-0.05, 0) is 0 Å². The minimum absolute atomic E-state index is 0. The molecule has 0 aliphatic heterocycles. The Balaban J connectivity index is 0. The van der Waals surface area contributed by atoms with Gasteiger partial charge in [0.15, 0.2) is 0 Å². The molecule has 0 aromatic heterocycles. The molecule has 0 aromatic carbocycles. The first kappa shape index (κ1) is 10.1. The third kappa shape index (κ3) is 24.1. The summed E-state index contributed by atoms with van der Waals surface area (Å²) in [5.41, 5.74) is 0. The molecule has 5 heavy (non-hydrogen) atoms. The van der Waals surface area contributed by atoms with Crippen molar-refractivity contribution in [2.24, 2.45) is 0 Å². The predicted octanol–water partition coefficient (Wildman–Crippen LogP) is -0.437. The van der Waals surface area contributed by atoms with Crippen molar-refractivity contribution < 1.29 is 34.6 Å². The Labute approximate surface area is 87.6 Å². The molecule has 4 heteroatoms. The molecule has 23 valence electrons. The Morgan fingerprint density at radius 1 is 1.80 bits per heavy atom. The first-order valence-electron chi connectivity index (χ1n) is 0.678. The molecule has 0 radical (unpaired) electrons. The van der Waals surface area contributed by atoms with Crippen molar-refractivity contribution in [3.05, 3.63) is 0 Å². The zero-order valence-electron chi connectivity index (χ0n) is 1.86. The molecule has 0 aliphatic carbocycles. The quantitative estimate of drug-likeness (QED) is 0.508. The summed E-state index contributed by atoms with van der Waals surface area (Å²) in [4.78, 5) is 9.04. The molecular formula is CH2KO2Zr. The monoisotopic (exact) mass is 175 g/mol. The third-order valence-electron chi connectivity index (χ3n) is 0. The van der Waals surface area contributed by atoms with E-state index in [9.17, 15) is 0 Å². The standard InChI is InChI=1S/CHO2.K.Zr.H/c2-1-3;;;/h(H,2,3);;;. The first-order valence-corrected chi connectivity index (χ1v) is 1.91. The molecule has 0 fully saturated rings. The van der Waals surface area contributed by atoms with Gasteiger partial charge in [-0.25, -0.2) is 0 Å². The maximum atomic E-state index is 9.04. The fourth-order valence-corrected chi connectivity index (χ4v) is 0. The summed E-state index contributed by atoms with van der Waals surface area (Å²) in [5.74, 6) is 0. The van der Waals surface area contributed by atoms with Crippen molar-refractivity contribution in [1.82, 2.24) is 0 Å². The van der Waals surface area contributed by atoms with E-state index in [0.717, 1.165) is 0 Å². The van der Waals surface area contributed by atoms with E-state index in [1.165, 1.54) is 0 Å². The van der Waals surface area contributed by atoms with Gasteiger partial charge in [0, 0.05) is 0 Å². The molecule has 0 unspecified atom stereocenters. The summed E-state index contributed by atoms with van der Waals surface area (Å²) in [6.07, 6.45) is 0. The Hall–Kier alpha value is 1.99. The van der Waals surface area contributed by atoms with Gasteiger partial charge in [-0.2, -0.15) is 0 Å². The molecule has 0 atom stereocenters. The van der Waals surface area contributed by atoms with Crippen LogP contribution < -0.4 is 0 Å². The average Bonchev–Trinajstić information content (AvgIpc) is 0.811. The van der Waals surface area contributed by atoms with Crippen molar-refractivity contribution in [1.29, 1.82) is 0 Å². The van der Waals surface area contributed by atoms with Gasteiger partial charge < -0.3 is 0 Å². The molecule has 0 saturated carbocycles. The van der Waals surface area contributed by atoms with Gasteiger partial charge in [-0.1, -0.05) is 0 Å². The molecule has 0 bridgehead atoms. The molecular weight excluding hydrogens is 174 g/mol. The van der Waals surface area contributed by atoms with Crippen molar-refractivity contribution in [2.45, 2.75) is 0 Å². The Morgan fingerprint density at radius 3 is 1.80 bits per heavy atom. The Kier molecular flexibility index (Phi) is 12.1. The van der Waals surface area contributed by atoms with Gasteiger partial charge >= 0.3 is 89.7 Å². The van der Waals surface area contributed by atoms with Crippen LogP contribution in [0.3, 0.4) is 0 Å². The van der Waals surface area contributed by atoms with Gasteiger partial charge in [0.2, 0.25) is 0 Å². The Bertz CT molecular complexity index is 32.6. The van der Waals surface area contributed by atoms with E-state index in [2.05, 4.69) is 0 Å². The molecule has 0 aromatic rings. The van der Waals surface area contributed by atoms with Crippen LogP contribution in [0.15, 0.2) is 0 Å². The predicted molar refractivity (Wildman–Crippen MR) is 15.2 cm³/mol. The fraction of sp³-hybridized carbons (Fsp3) is 0. The summed E-state index contributed by atoms with van der Waals surface area (Å²) in [6.45, 7) is 0. The van der Waals surface area contributed by atoms with Crippen LogP contribution in [0.4, 0.5) is 4.79 Å². The van der Waals surface area contributed by atoms with Crippen LogP contribution in [0, 0.1) is 0 Å². The summed E-state index contributed by atoms with van der Waals surface area (Å²) in [5, 5.41) is 7.46. The van der Waals surface area contributed by atoms with Gasteiger partial charge in [0.25, 0.3) is 0 Å². The molecule has 0 heterocycles. The second-order valence-electron chi connectivity index (χ2n) is 0.305. The molecule has 0 aliphatic rings. The van der Waals surface area contributed by atoms with E-state index in [0.29, 0.717) is 24.7 Å². The second-order valence-corrected chi connectivity index (χ2v) is 1.36. The molecule has 0 amide bonds. The van der Waals surface area contributed by atoms with Crippen molar-refractivity contribution in [3.8, 4) is 0 Å². The van der Waals surface area contributed by atoms with Crippen LogP contribution in [0.1, 0.15) is 0 Å². The van der Waals surface area contributed by atoms with Crippen molar-refractivity contribution in [3.63, 3.8) is 0 Å². The fourth-order valence-electron chi connectivity index (χ4n) is 0. The topological polar surface area (TPSA) is 37.3 Å². The summed E-state index contributed by atoms with van der Waals surface area (Å²) in [7, 11) is 0. The number of carboxylic acid groups (broad SMARTS) is 1. The van der Waals surface area contributed by atoms with Crippen LogP contribution in [-0.4, -0.2) is 60.2 Å². The summed E-state index contributed by atoms with van der Waals surface area (Å²) < 4.78 is -0.743. The van der Waals surface area contributed by atoms with Gasteiger partial charge in [0.1, 0.15) is 0 Å². The Morgan fingerprint density at radius 2 is 1.80 bits per heavy atom. The minimum atomic E-state index is -0.743. The third-order valence-corrected chi connectivity index (χ3v) is 0. The van der Waals surface area contributed by atoms with Gasteiger partial charge in [0.05, 0.1) is 0 Å². The summed E-state index contributed by atoms with van der Waals surface area (Å²) >= 11 is 0.553. The number of hydrogen-bond donors (Lipinski definition) is 1. The van der Waals surface area contributed by atoms with Crippen LogP contribution in [-0.2, 0) is 24.7 Å². The van der Waals surface area contributed by atoms with Gasteiger partial charge in [-0.15, -0.1) is 0 Å². The average molecular weight is 176 g/mol. The molecule has 0 rings (SSSR count). The molecule has 0 saturated heterocycles. The molecule has 0 spiro atoms. The van der Waals surface area contributed by atoms with Gasteiger partial charge in [-0.3, -0.25) is 0 Å². The van der Waals surface area contributed by atoms with Crippen LogP contribution in [0.25, 0.3) is 0 Å². The van der Waals surface area contributed by atoms with E-state index in [-0.39, 0.29) is 51.4 Å². The normalized spacial score (nSPS) is 4.60.